The van der Waals surface area contributed by atoms with Crippen molar-refractivity contribution < 1.29 is 0 Å². The van der Waals surface area contributed by atoms with Crippen LogP contribution in [-0.2, 0) is 0 Å². The van der Waals surface area contributed by atoms with E-state index in [4.69, 9.17) is 24.9 Å². The Morgan fingerprint density at radius 1 is 0.488 bits per heavy atom. The molecular weight excluding hydrogens is 508 g/mol. The predicted molar refractivity (Wildman–Crippen MR) is 159 cm³/mol. The van der Waals surface area contributed by atoms with E-state index in [1.165, 1.54) is 0 Å². The highest BCUT2D eigenvalue weighted by molar-refractivity contribution is 6.09. The second-order valence-corrected chi connectivity index (χ2v) is 9.59. The predicted octanol–water partition coefficient (Wildman–Crippen LogP) is 6.68. The van der Waals surface area contributed by atoms with Crippen molar-refractivity contribution in [2.45, 2.75) is 0 Å². The molecule has 0 saturated heterocycles. The van der Waals surface area contributed by atoms with E-state index in [0.29, 0.717) is 17.5 Å². The Morgan fingerprint density at radius 3 is 1.83 bits per heavy atom. The first kappa shape index (κ1) is 23.0. The van der Waals surface area contributed by atoms with Crippen LogP contribution in [-0.4, -0.2) is 39.3 Å². The van der Waals surface area contributed by atoms with E-state index in [2.05, 4.69) is 34.2 Å². The zero-order valence-electron chi connectivity index (χ0n) is 21.6. The third-order valence-corrected chi connectivity index (χ3v) is 7.03. The molecule has 192 valence electrons. The van der Waals surface area contributed by atoms with Crippen LogP contribution in [0.25, 0.3) is 73.0 Å². The van der Waals surface area contributed by atoms with Gasteiger partial charge >= 0.3 is 0 Å². The maximum atomic E-state index is 5.16. The van der Waals surface area contributed by atoms with Gasteiger partial charge in [0.15, 0.2) is 23.1 Å². The van der Waals surface area contributed by atoms with Crippen LogP contribution >= 0.6 is 0 Å². The quantitative estimate of drug-likeness (QED) is 0.251. The van der Waals surface area contributed by atoms with Crippen LogP contribution in [0.1, 0.15) is 0 Å². The van der Waals surface area contributed by atoms with Gasteiger partial charge in [0.25, 0.3) is 0 Å². The molecule has 0 bridgehead atoms. The van der Waals surface area contributed by atoms with Gasteiger partial charge in [0.2, 0.25) is 0 Å². The van der Waals surface area contributed by atoms with E-state index in [-0.39, 0.29) is 0 Å². The highest BCUT2D eigenvalue weighted by atomic mass is 15.1. The van der Waals surface area contributed by atoms with Crippen molar-refractivity contribution in [3.63, 3.8) is 0 Å². The van der Waals surface area contributed by atoms with Crippen LogP contribution in [0.3, 0.4) is 0 Å². The number of hydrogen-bond acceptors (Lipinski definition) is 7. The summed E-state index contributed by atoms with van der Waals surface area (Å²) >= 11 is 0. The summed E-state index contributed by atoms with van der Waals surface area (Å²) in [7, 11) is 0. The number of hydrogen-bond donors (Lipinski definition) is 0. The molecule has 0 N–H and O–H groups in total. The third-order valence-electron chi connectivity index (χ3n) is 7.03. The van der Waals surface area contributed by atoms with Gasteiger partial charge in [-0.1, -0.05) is 48.5 Å². The zero-order chi connectivity index (χ0) is 27.2. The number of rotatable bonds is 4. The van der Waals surface area contributed by atoms with Crippen molar-refractivity contribution in [2.75, 3.05) is 0 Å². The first-order valence-corrected chi connectivity index (χ1v) is 13.1. The molecule has 0 spiro atoms. The molecule has 8 nitrogen and oxygen atoms in total. The topological polar surface area (TPSA) is 94.6 Å². The smallest absolute Gasteiger partial charge is 0.165 e. The molecule has 0 aliphatic carbocycles. The van der Waals surface area contributed by atoms with E-state index in [1.54, 1.807) is 24.8 Å². The van der Waals surface area contributed by atoms with Crippen LogP contribution in [0.4, 0.5) is 0 Å². The minimum atomic E-state index is 0.545. The van der Waals surface area contributed by atoms with Crippen LogP contribution in [0, 0.1) is 0 Å². The lowest BCUT2D eigenvalue weighted by atomic mass is 10.0. The molecule has 0 atom stereocenters. The van der Waals surface area contributed by atoms with Crippen molar-refractivity contribution in [1.82, 2.24) is 39.3 Å². The second-order valence-electron chi connectivity index (χ2n) is 9.59. The number of pyridine rings is 4. The first-order valence-electron chi connectivity index (χ1n) is 13.1. The Balaban J connectivity index is 1.34. The number of imidazole rings is 1. The molecule has 6 aromatic heterocycles. The molecule has 8 aromatic rings. The van der Waals surface area contributed by atoms with Gasteiger partial charge < -0.3 is 0 Å². The molecule has 0 radical (unpaired) electrons. The van der Waals surface area contributed by atoms with Gasteiger partial charge in [0.05, 0.1) is 5.69 Å². The Labute approximate surface area is 234 Å². The van der Waals surface area contributed by atoms with E-state index < -0.39 is 0 Å². The summed E-state index contributed by atoms with van der Waals surface area (Å²) in [4.78, 5) is 33.0. The standard InChI is InChI=1S/C33H20N8/c1-2-13-26-25(12-1)28(37-33-29(26)36-27-14-3-4-17-41(27)33)21-8-5-9-22(18-21)30-38-31(23-10-6-15-34-19-23)40-32(39-30)24-11-7-16-35-20-24/h1-20H. The molecule has 2 aromatic carbocycles. The van der Waals surface area contributed by atoms with Crippen molar-refractivity contribution in [3.05, 3.63) is 122 Å². The second kappa shape index (κ2) is 9.39. The molecular formula is C33H20N8. The molecule has 41 heavy (non-hydrogen) atoms. The Morgan fingerprint density at radius 2 is 1.12 bits per heavy atom. The van der Waals surface area contributed by atoms with Gasteiger partial charge in [-0.15, -0.1) is 0 Å². The van der Waals surface area contributed by atoms with Crippen LogP contribution < -0.4 is 0 Å². The SMILES string of the molecule is c1cncc(-c2nc(-c3cccnc3)nc(-c3cccc(-c4nc5c(nc6ccccn65)c5ccccc45)c3)n2)c1. The maximum Gasteiger partial charge on any atom is 0.165 e. The maximum absolute atomic E-state index is 5.16. The average molecular weight is 529 g/mol. The lowest BCUT2D eigenvalue weighted by molar-refractivity contribution is 1.07. The molecule has 8 rings (SSSR count). The van der Waals surface area contributed by atoms with Gasteiger partial charge in [0.1, 0.15) is 11.2 Å². The Hall–Kier alpha value is -5.89. The van der Waals surface area contributed by atoms with Gasteiger partial charge in [-0.25, -0.2) is 24.9 Å². The molecule has 8 heteroatoms. The van der Waals surface area contributed by atoms with E-state index in [1.807, 2.05) is 77.3 Å². The molecule has 0 unspecified atom stereocenters. The molecule has 6 heterocycles. The molecule has 0 saturated carbocycles. The summed E-state index contributed by atoms with van der Waals surface area (Å²) in [5, 5.41) is 2.09. The fourth-order valence-electron chi connectivity index (χ4n) is 5.11. The molecule has 0 aliphatic heterocycles. The van der Waals surface area contributed by atoms with Gasteiger partial charge in [-0.3, -0.25) is 14.4 Å². The summed E-state index contributed by atoms with van der Waals surface area (Å²) in [6.07, 6.45) is 8.97. The summed E-state index contributed by atoms with van der Waals surface area (Å²) in [5.41, 5.74) is 6.86. The van der Waals surface area contributed by atoms with E-state index in [9.17, 15) is 0 Å². The van der Waals surface area contributed by atoms with Crippen molar-refractivity contribution in [1.29, 1.82) is 0 Å². The lowest BCUT2D eigenvalue weighted by Crippen LogP contribution is -2.00. The number of nitrogens with zero attached hydrogens (tertiary/aromatic N) is 8. The van der Waals surface area contributed by atoms with Crippen LogP contribution in [0.5, 0.6) is 0 Å². The molecule has 0 fully saturated rings. The number of fused-ring (bicyclic) bond motifs is 5. The largest absolute Gasteiger partial charge is 0.284 e. The monoisotopic (exact) mass is 528 g/mol. The normalized spacial score (nSPS) is 11.4. The van der Waals surface area contributed by atoms with Gasteiger partial charge in [0, 0.05) is 64.0 Å². The Bertz CT molecular complexity index is 2150. The Kier molecular flexibility index (Phi) is 5.28. The molecule has 0 aliphatic rings. The minimum Gasteiger partial charge on any atom is -0.284 e. The minimum absolute atomic E-state index is 0.545. The van der Waals surface area contributed by atoms with Crippen LogP contribution in [0.2, 0.25) is 0 Å². The first-order chi connectivity index (χ1) is 20.3. The number of aromatic nitrogens is 8. The van der Waals surface area contributed by atoms with Crippen LogP contribution in [0.15, 0.2) is 122 Å². The third kappa shape index (κ3) is 3.97. The fraction of sp³-hybridized carbons (Fsp3) is 0. The van der Waals surface area contributed by atoms with Gasteiger partial charge in [-0.2, -0.15) is 0 Å². The van der Waals surface area contributed by atoms with E-state index in [0.717, 1.165) is 55.5 Å². The van der Waals surface area contributed by atoms with Crippen molar-refractivity contribution in [3.8, 4) is 45.4 Å². The number of benzene rings is 2. The summed E-state index contributed by atoms with van der Waals surface area (Å²) in [6, 6.07) is 30.0. The summed E-state index contributed by atoms with van der Waals surface area (Å²) in [6.45, 7) is 0. The average Bonchev–Trinajstić information content (AvgIpc) is 3.44. The zero-order valence-corrected chi connectivity index (χ0v) is 21.6. The highest BCUT2D eigenvalue weighted by Gasteiger charge is 2.17. The van der Waals surface area contributed by atoms with Crippen molar-refractivity contribution >= 4 is 27.6 Å². The lowest BCUT2D eigenvalue weighted by Gasteiger charge is -2.10. The highest BCUT2D eigenvalue weighted by Crippen LogP contribution is 2.34. The van der Waals surface area contributed by atoms with Gasteiger partial charge in [-0.05, 0) is 42.5 Å². The molecule has 0 amide bonds. The van der Waals surface area contributed by atoms with E-state index >= 15 is 0 Å². The fourth-order valence-corrected chi connectivity index (χ4v) is 5.11. The van der Waals surface area contributed by atoms with Crippen molar-refractivity contribution in [2.24, 2.45) is 0 Å². The summed E-state index contributed by atoms with van der Waals surface area (Å²) in [5.74, 6) is 1.64. The summed E-state index contributed by atoms with van der Waals surface area (Å²) < 4.78 is 2.03.